The molecular formula is C9H14BrNO2. The van der Waals surface area contributed by atoms with Gasteiger partial charge < -0.3 is 14.9 Å². The molecule has 1 heterocycles. The van der Waals surface area contributed by atoms with Gasteiger partial charge in [0.1, 0.15) is 5.76 Å². The molecule has 1 aromatic heterocycles. The number of furan rings is 1. The van der Waals surface area contributed by atoms with Crippen LogP contribution in [0.25, 0.3) is 0 Å². The van der Waals surface area contributed by atoms with E-state index in [1.54, 1.807) is 6.26 Å². The molecule has 1 rings (SSSR count). The van der Waals surface area contributed by atoms with E-state index in [9.17, 15) is 0 Å². The third kappa shape index (κ3) is 3.14. The highest BCUT2D eigenvalue weighted by Crippen LogP contribution is 2.24. The van der Waals surface area contributed by atoms with Gasteiger partial charge >= 0.3 is 0 Å². The number of hydrogen-bond donors (Lipinski definition) is 1. The van der Waals surface area contributed by atoms with Crippen LogP contribution in [0, 0.1) is 0 Å². The van der Waals surface area contributed by atoms with Crippen LogP contribution in [0.1, 0.15) is 25.1 Å². The van der Waals surface area contributed by atoms with Crippen LogP contribution in [0.15, 0.2) is 21.2 Å². The quantitative estimate of drug-likeness (QED) is 0.814. The summed E-state index contributed by atoms with van der Waals surface area (Å²) in [6.45, 7) is 3.37. The van der Waals surface area contributed by atoms with Gasteiger partial charge in [-0.25, -0.2) is 0 Å². The molecule has 0 aliphatic heterocycles. The molecule has 0 spiro atoms. The second-order valence-electron chi connectivity index (χ2n) is 2.72. The first-order chi connectivity index (χ1) is 6.25. The molecule has 0 amide bonds. The summed E-state index contributed by atoms with van der Waals surface area (Å²) >= 11 is 3.36. The highest BCUT2D eigenvalue weighted by molar-refractivity contribution is 9.10. The van der Waals surface area contributed by atoms with E-state index in [2.05, 4.69) is 15.9 Å². The summed E-state index contributed by atoms with van der Waals surface area (Å²) in [4.78, 5) is 0. The molecule has 13 heavy (non-hydrogen) atoms. The number of rotatable bonds is 5. The first-order valence-corrected chi connectivity index (χ1v) is 5.11. The van der Waals surface area contributed by atoms with E-state index in [0.717, 1.165) is 23.3 Å². The summed E-state index contributed by atoms with van der Waals surface area (Å²) in [6.07, 6.45) is 2.40. The first-order valence-electron chi connectivity index (χ1n) is 4.32. The zero-order valence-electron chi connectivity index (χ0n) is 7.63. The van der Waals surface area contributed by atoms with Crippen molar-refractivity contribution in [2.24, 2.45) is 5.73 Å². The summed E-state index contributed by atoms with van der Waals surface area (Å²) in [5.41, 5.74) is 5.88. The molecule has 3 nitrogen and oxygen atoms in total. The van der Waals surface area contributed by atoms with Gasteiger partial charge in [-0.1, -0.05) is 0 Å². The predicted molar refractivity (Wildman–Crippen MR) is 54.4 cm³/mol. The Morgan fingerprint density at radius 3 is 3.00 bits per heavy atom. The highest BCUT2D eigenvalue weighted by atomic mass is 79.9. The van der Waals surface area contributed by atoms with Crippen molar-refractivity contribution in [1.82, 2.24) is 0 Å². The van der Waals surface area contributed by atoms with E-state index in [1.807, 2.05) is 13.0 Å². The van der Waals surface area contributed by atoms with E-state index in [4.69, 9.17) is 14.9 Å². The van der Waals surface area contributed by atoms with Crippen LogP contribution < -0.4 is 5.73 Å². The molecule has 0 saturated heterocycles. The molecule has 1 aromatic rings. The van der Waals surface area contributed by atoms with Crippen LogP contribution in [-0.2, 0) is 4.74 Å². The fraction of sp³-hybridized carbons (Fsp3) is 0.556. The van der Waals surface area contributed by atoms with Crippen molar-refractivity contribution >= 4 is 15.9 Å². The Morgan fingerprint density at radius 2 is 2.46 bits per heavy atom. The number of ether oxygens (including phenoxy) is 1. The standard InChI is InChI=1S/C9H14BrNO2/c1-2-12-5-4-8(11)9-7(10)3-6-13-9/h3,6,8H,2,4-5,11H2,1H3. The molecular weight excluding hydrogens is 234 g/mol. The number of hydrogen-bond acceptors (Lipinski definition) is 3. The van der Waals surface area contributed by atoms with Crippen LogP contribution in [0.2, 0.25) is 0 Å². The van der Waals surface area contributed by atoms with Crippen molar-refractivity contribution in [1.29, 1.82) is 0 Å². The third-order valence-electron chi connectivity index (χ3n) is 1.76. The van der Waals surface area contributed by atoms with E-state index in [1.165, 1.54) is 0 Å². The van der Waals surface area contributed by atoms with Crippen LogP contribution in [0.3, 0.4) is 0 Å². The Morgan fingerprint density at radius 1 is 1.69 bits per heavy atom. The molecule has 74 valence electrons. The lowest BCUT2D eigenvalue weighted by Crippen LogP contribution is -2.12. The van der Waals surface area contributed by atoms with Gasteiger partial charge in [-0.2, -0.15) is 0 Å². The predicted octanol–water partition coefficient (Wildman–Crippen LogP) is 2.47. The second-order valence-corrected chi connectivity index (χ2v) is 3.58. The highest BCUT2D eigenvalue weighted by Gasteiger charge is 2.12. The molecule has 0 saturated carbocycles. The van der Waals surface area contributed by atoms with Crippen molar-refractivity contribution in [2.45, 2.75) is 19.4 Å². The topological polar surface area (TPSA) is 48.4 Å². The van der Waals surface area contributed by atoms with Crippen LogP contribution >= 0.6 is 15.9 Å². The Labute approximate surface area is 86.4 Å². The SMILES string of the molecule is CCOCCC(N)c1occc1Br. The van der Waals surface area contributed by atoms with Crippen LogP contribution in [0.5, 0.6) is 0 Å². The van der Waals surface area contributed by atoms with Gasteiger partial charge in [-0.3, -0.25) is 0 Å². The van der Waals surface area contributed by atoms with Crippen molar-refractivity contribution in [3.8, 4) is 0 Å². The van der Waals surface area contributed by atoms with Crippen molar-refractivity contribution in [3.05, 3.63) is 22.6 Å². The second kappa shape index (κ2) is 5.42. The van der Waals surface area contributed by atoms with E-state index in [-0.39, 0.29) is 6.04 Å². The molecule has 2 N–H and O–H groups in total. The first kappa shape index (κ1) is 10.8. The minimum Gasteiger partial charge on any atom is -0.466 e. The summed E-state index contributed by atoms with van der Waals surface area (Å²) in [7, 11) is 0. The van der Waals surface area contributed by atoms with Gasteiger partial charge in [-0.05, 0) is 35.3 Å². The Hall–Kier alpha value is -0.320. The van der Waals surface area contributed by atoms with Crippen LogP contribution in [-0.4, -0.2) is 13.2 Å². The summed E-state index contributed by atoms with van der Waals surface area (Å²) in [6, 6.07) is 1.76. The normalized spacial score (nSPS) is 13.2. The number of nitrogens with two attached hydrogens (primary N) is 1. The lowest BCUT2D eigenvalue weighted by molar-refractivity contribution is 0.138. The summed E-state index contributed by atoms with van der Waals surface area (Å²) in [5.74, 6) is 0.791. The fourth-order valence-corrected chi connectivity index (χ4v) is 1.55. The Kier molecular flexibility index (Phi) is 4.48. The van der Waals surface area contributed by atoms with Gasteiger partial charge in [0, 0.05) is 13.2 Å². The Bertz CT molecular complexity index is 250. The van der Waals surface area contributed by atoms with Crippen molar-refractivity contribution < 1.29 is 9.15 Å². The maximum Gasteiger partial charge on any atom is 0.134 e. The molecule has 0 radical (unpaired) electrons. The third-order valence-corrected chi connectivity index (χ3v) is 2.41. The van der Waals surface area contributed by atoms with Gasteiger partial charge in [0.25, 0.3) is 0 Å². The molecule has 0 aliphatic carbocycles. The average Bonchev–Trinajstić information content (AvgIpc) is 2.52. The van der Waals surface area contributed by atoms with E-state index < -0.39 is 0 Å². The largest absolute Gasteiger partial charge is 0.466 e. The van der Waals surface area contributed by atoms with Crippen molar-refractivity contribution in [3.63, 3.8) is 0 Å². The van der Waals surface area contributed by atoms with Gasteiger partial charge in [0.15, 0.2) is 0 Å². The summed E-state index contributed by atoms with van der Waals surface area (Å²) < 4.78 is 11.4. The van der Waals surface area contributed by atoms with Gasteiger partial charge in [-0.15, -0.1) is 0 Å². The zero-order valence-corrected chi connectivity index (χ0v) is 9.21. The van der Waals surface area contributed by atoms with Gasteiger partial charge in [0.2, 0.25) is 0 Å². The van der Waals surface area contributed by atoms with E-state index in [0.29, 0.717) is 6.61 Å². The molecule has 0 fully saturated rings. The maximum atomic E-state index is 5.88. The lowest BCUT2D eigenvalue weighted by atomic mass is 10.2. The molecule has 4 heteroatoms. The molecule has 0 aromatic carbocycles. The molecule has 0 aliphatic rings. The minimum absolute atomic E-state index is 0.0871. The maximum absolute atomic E-state index is 5.88. The minimum atomic E-state index is -0.0871. The monoisotopic (exact) mass is 247 g/mol. The molecule has 1 atom stereocenters. The van der Waals surface area contributed by atoms with E-state index >= 15 is 0 Å². The lowest BCUT2D eigenvalue weighted by Gasteiger charge is -2.08. The Balaban J connectivity index is 2.39. The van der Waals surface area contributed by atoms with Crippen molar-refractivity contribution in [2.75, 3.05) is 13.2 Å². The average molecular weight is 248 g/mol. The molecule has 1 unspecified atom stereocenters. The zero-order chi connectivity index (χ0) is 9.68. The summed E-state index contributed by atoms with van der Waals surface area (Å²) in [5, 5.41) is 0. The van der Waals surface area contributed by atoms with Gasteiger partial charge in [0.05, 0.1) is 16.8 Å². The number of halogens is 1. The smallest absolute Gasteiger partial charge is 0.134 e. The van der Waals surface area contributed by atoms with Crippen LogP contribution in [0.4, 0.5) is 0 Å². The fourth-order valence-electron chi connectivity index (χ4n) is 1.06. The molecule has 0 bridgehead atoms.